The molecule has 0 unspecified atom stereocenters. The van der Waals surface area contributed by atoms with Gasteiger partial charge in [0.1, 0.15) is 6.07 Å². The lowest BCUT2D eigenvalue weighted by atomic mass is 10.1. The van der Waals surface area contributed by atoms with Crippen molar-refractivity contribution in [3.05, 3.63) is 35.5 Å². The average molecular weight is 387 g/mol. The van der Waals surface area contributed by atoms with Crippen LogP contribution in [0, 0.1) is 22.7 Å². The zero-order valence-electron chi connectivity index (χ0n) is 14.6. The highest BCUT2D eigenvalue weighted by atomic mass is 19.3. The Labute approximate surface area is 158 Å². The fourth-order valence-corrected chi connectivity index (χ4v) is 2.35. The van der Waals surface area contributed by atoms with Crippen LogP contribution in [0.2, 0.25) is 0 Å². The van der Waals surface area contributed by atoms with E-state index in [-0.39, 0.29) is 35.7 Å². The minimum atomic E-state index is -3.04. The maximum absolute atomic E-state index is 12.5. The number of rotatable bonds is 8. The number of aromatic nitrogens is 2. The van der Waals surface area contributed by atoms with Gasteiger partial charge in [-0.2, -0.15) is 24.4 Å². The smallest absolute Gasteiger partial charge is 0.387 e. The predicted molar refractivity (Wildman–Crippen MR) is 89.7 cm³/mol. The first-order valence-corrected chi connectivity index (χ1v) is 7.80. The summed E-state index contributed by atoms with van der Waals surface area (Å²) in [5.41, 5.74) is 0.305. The molecule has 2 rings (SSSR count). The molecule has 0 amide bonds. The molecule has 2 aromatic rings. The molecule has 0 saturated heterocycles. The number of ether oxygens (including phenoxy) is 2. The lowest BCUT2D eigenvalue weighted by Crippen LogP contribution is -2.23. The number of carbonyl (C=O) groups excluding carboxylic acids is 1. The largest absolute Gasteiger partial charge is 0.544 e. The fourth-order valence-electron chi connectivity index (χ4n) is 2.35. The van der Waals surface area contributed by atoms with Gasteiger partial charge in [0.05, 0.1) is 43.4 Å². The van der Waals surface area contributed by atoms with Crippen LogP contribution in [0.15, 0.2) is 30.0 Å². The lowest BCUT2D eigenvalue weighted by molar-refractivity contribution is -0.298. The van der Waals surface area contributed by atoms with Crippen molar-refractivity contribution >= 4 is 12.0 Å². The minimum Gasteiger partial charge on any atom is -0.544 e. The van der Waals surface area contributed by atoms with Gasteiger partial charge >= 0.3 is 6.61 Å². The summed E-state index contributed by atoms with van der Waals surface area (Å²) in [6.07, 6.45) is 2.69. The molecule has 28 heavy (non-hydrogen) atoms. The van der Waals surface area contributed by atoms with E-state index in [1.54, 1.807) is 0 Å². The number of nitrogens with zero attached hydrogens (tertiary/aromatic N) is 4. The van der Waals surface area contributed by atoms with Crippen LogP contribution in [0.3, 0.4) is 0 Å². The third-order valence-corrected chi connectivity index (χ3v) is 3.54. The summed E-state index contributed by atoms with van der Waals surface area (Å²) in [4.78, 5) is 11.0. The zero-order valence-corrected chi connectivity index (χ0v) is 14.6. The SMILES string of the molecule is COc1cc(-c2nn(CCC#N)cc2/C=C(/C#N)C(=O)[O-])ccc1OC(F)F. The van der Waals surface area contributed by atoms with E-state index in [1.165, 1.54) is 42.3 Å². The molecule has 0 saturated carbocycles. The summed E-state index contributed by atoms with van der Waals surface area (Å²) >= 11 is 0. The summed E-state index contributed by atoms with van der Waals surface area (Å²) in [7, 11) is 1.27. The summed E-state index contributed by atoms with van der Waals surface area (Å²) in [5.74, 6) is -1.83. The Bertz CT molecular complexity index is 986. The molecule has 1 heterocycles. The maximum Gasteiger partial charge on any atom is 0.387 e. The van der Waals surface area contributed by atoms with Crippen LogP contribution in [0.1, 0.15) is 12.0 Å². The van der Waals surface area contributed by atoms with Crippen LogP contribution in [-0.2, 0) is 11.3 Å². The molecule has 0 aliphatic heterocycles. The maximum atomic E-state index is 12.5. The van der Waals surface area contributed by atoms with E-state index in [0.29, 0.717) is 5.56 Å². The Morgan fingerprint density at radius 3 is 2.71 bits per heavy atom. The van der Waals surface area contributed by atoms with E-state index < -0.39 is 18.2 Å². The number of aryl methyl sites for hydroxylation is 1. The molecule has 0 bridgehead atoms. The Kier molecular flexibility index (Phi) is 6.66. The van der Waals surface area contributed by atoms with E-state index in [9.17, 15) is 18.7 Å². The molecular weight excluding hydrogens is 374 g/mol. The molecule has 0 fully saturated rings. The summed E-state index contributed by atoms with van der Waals surface area (Å²) in [6, 6.07) is 7.55. The first-order chi connectivity index (χ1) is 13.4. The van der Waals surface area contributed by atoms with E-state index >= 15 is 0 Å². The van der Waals surface area contributed by atoms with Crippen LogP contribution in [0.5, 0.6) is 11.5 Å². The highest BCUT2D eigenvalue weighted by Crippen LogP contribution is 2.34. The van der Waals surface area contributed by atoms with Gasteiger partial charge in [-0.1, -0.05) is 0 Å². The Morgan fingerprint density at radius 2 is 2.14 bits per heavy atom. The van der Waals surface area contributed by atoms with Gasteiger partial charge in [-0.15, -0.1) is 0 Å². The van der Waals surface area contributed by atoms with Crippen LogP contribution in [-0.4, -0.2) is 29.5 Å². The summed E-state index contributed by atoms with van der Waals surface area (Å²) < 4.78 is 35.8. The monoisotopic (exact) mass is 387 g/mol. The van der Waals surface area contributed by atoms with E-state index in [0.717, 1.165) is 6.08 Å². The van der Waals surface area contributed by atoms with Crippen molar-refractivity contribution in [3.63, 3.8) is 0 Å². The topological polar surface area (TPSA) is 124 Å². The molecule has 0 spiro atoms. The van der Waals surface area contributed by atoms with Crippen molar-refractivity contribution in [3.8, 4) is 34.9 Å². The summed E-state index contributed by atoms with van der Waals surface area (Å²) in [5, 5.41) is 33.0. The fraction of sp³-hybridized carbons (Fsp3) is 0.222. The van der Waals surface area contributed by atoms with Crippen molar-refractivity contribution in [1.29, 1.82) is 10.5 Å². The van der Waals surface area contributed by atoms with Crippen LogP contribution in [0.25, 0.3) is 17.3 Å². The van der Waals surface area contributed by atoms with Gasteiger partial charge in [0.25, 0.3) is 0 Å². The van der Waals surface area contributed by atoms with Gasteiger partial charge < -0.3 is 19.4 Å². The number of methoxy groups -OCH3 is 1. The molecular formula is C18H13F2N4O4-. The van der Waals surface area contributed by atoms with Crippen molar-refractivity contribution in [2.24, 2.45) is 0 Å². The molecule has 0 atom stereocenters. The molecule has 0 aliphatic rings. The van der Waals surface area contributed by atoms with Gasteiger partial charge in [0, 0.05) is 17.3 Å². The number of hydrogen-bond acceptors (Lipinski definition) is 7. The molecule has 144 valence electrons. The van der Waals surface area contributed by atoms with Crippen molar-refractivity contribution in [2.75, 3.05) is 7.11 Å². The van der Waals surface area contributed by atoms with Crippen molar-refractivity contribution in [2.45, 2.75) is 19.6 Å². The molecule has 0 aliphatic carbocycles. The van der Waals surface area contributed by atoms with E-state index in [2.05, 4.69) is 9.84 Å². The van der Waals surface area contributed by atoms with Gasteiger partial charge in [-0.05, 0) is 24.3 Å². The van der Waals surface area contributed by atoms with Crippen LogP contribution < -0.4 is 14.6 Å². The quantitative estimate of drug-likeness (QED) is 0.499. The van der Waals surface area contributed by atoms with Gasteiger partial charge in [-0.25, -0.2) is 0 Å². The number of nitriles is 2. The third-order valence-electron chi connectivity index (χ3n) is 3.54. The molecule has 8 nitrogen and oxygen atoms in total. The van der Waals surface area contributed by atoms with Crippen molar-refractivity contribution < 1.29 is 28.2 Å². The van der Waals surface area contributed by atoms with Crippen molar-refractivity contribution in [1.82, 2.24) is 9.78 Å². The van der Waals surface area contributed by atoms with Crippen LogP contribution >= 0.6 is 0 Å². The minimum absolute atomic E-state index is 0.0136. The number of benzene rings is 1. The number of carbonyl (C=O) groups is 1. The first kappa shape index (κ1) is 20.4. The highest BCUT2D eigenvalue weighted by molar-refractivity contribution is 5.96. The number of halogens is 2. The molecule has 0 radical (unpaired) electrons. The summed E-state index contributed by atoms with van der Waals surface area (Å²) in [6.45, 7) is -2.81. The number of hydrogen-bond donors (Lipinski definition) is 0. The normalized spacial score (nSPS) is 11.0. The number of carboxylic acid groups (broad SMARTS) is 1. The lowest BCUT2D eigenvalue weighted by Gasteiger charge is -2.11. The van der Waals surface area contributed by atoms with Gasteiger partial charge in [0.15, 0.2) is 11.5 Å². The second-order valence-electron chi connectivity index (χ2n) is 5.31. The third kappa shape index (κ3) is 4.83. The highest BCUT2D eigenvalue weighted by Gasteiger charge is 2.16. The number of aliphatic carboxylic acids is 1. The second-order valence-corrected chi connectivity index (χ2v) is 5.31. The zero-order chi connectivity index (χ0) is 20.7. The van der Waals surface area contributed by atoms with E-state index in [4.69, 9.17) is 15.3 Å². The molecule has 1 aromatic heterocycles. The first-order valence-electron chi connectivity index (χ1n) is 7.80. The molecule has 0 N–H and O–H groups in total. The Balaban J connectivity index is 2.57. The predicted octanol–water partition coefficient (Wildman–Crippen LogP) is 1.73. The Morgan fingerprint density at radius 1 is 1.39 bits per heavy atom. The van der Waals surface area contributed by atoms with E-state index in [1.807, 2.05) is 6.07 Å². The van der Waals surface area contributed by atoms with Gasteiger partial charge in [-0.3, -0.25) is 4.68 Å². The number of alkyl halides is 2. The average Bonchev–Trinajstić information content (AvgIpc) is 3.06. The van der Waals surface area contributed by atoms with Crippen LogP contribution in [0.4, 0.5) is 8.78 Å². The molecule has 10 heteroatoms. The molecule has 1 aromatic carbocycles. The standard InChI is InChI=1S/C18H14F2N4O4/c1-27-15-8-11(3-4-14(15)28-18(19)20)16-13(7-12(9-22)17(25)26)10-24(23-16)6-2-5-21/h3-4,7-8,10,18H,2,6H2,1H3,(H,25,26)/p-1/b12-7-. The second kappa shape index (κ2) is 9.14. The van der Waals surface area contributed by atoms with Gasteiger partial charge in [0.2, 0.25) is 0 Å². The number of carboxylic acids is 1. The Hall–Kier alpha value is -3.92.